The first-order valence-electron chi connectivity index (χ1n) is 6.58. The van der Waals surface area contributed by atoms with Crippen molar-refractivity contribution in [1.82, 2.24) is 4.98 Å². The molecule has 0 atom stereocenters. The Balaban J connectivity index is 2.13. The second-order valence-corrected chi connectivity index (χ2v) is 10.3. The van der Waals surface area contributed by atoms with Crippen LogP contribution in [0.25, 0.3) is 0 Å². The smallest absolute Gasteiger partial charge is 0.129 e. The van der Waals surface area contributed by atoms with Gasteiger partial charge in [0, 0.05) is 29.1 Å². The summed E-state index contributed by atoms with van der Waals surface area (Å²) in [6.45, 7) is 6.73. The lowest BCUT2D eigenvalue weighted by molar-refractivity contribution is 1.32. The van der Waals surface area contributed by atoms with Crippen LogP contribution in [0.1, 0.15) is 16.7 Å². The predicted molar refractivity (Wildman–Crippen MR) is 86.9 cm³/mol. The first-order valence-corrected chi connectivity index (χ1v) is 10.1. The molecule has 0 unspecified atom stereocenters. The molecule has 0 N–H and O–H groups in total. The Morgan fingerprint density at radius 2 is 1.15 bits per heavy atom. The van der Waals surface area contributed by atoms with Crippen LogP contribution in [-0.2, 0) is 0 Å². The van der Waals surface area contributed by atoms with E-state index in [9.17, 15) is 0 Å². The predicted octanol–water partition coefficient (Wildman–Crippen LogP) is 3.71. The molecule has 98 valence electrons. The summed E-state index contributed by atoms with van der Waals surface area (Å²) >= 11 is 0. The van der Waals surface area contributed by atoms with E-state index in [0.717, 1.165) is 16.7 Å². The Morgan fingerprint density at radius 3 is 1.65 bits per heavy atom. The third kappa shape index (κ3) is 4.76. The van der Waals surface area contributed by atoms with Gasteiger partial charge in [-0.1, -0.05) is 37.4 Å². The molecule has 0 aliphatic rings. The molecule has 1 heterocycles. The van der Waals surface area contributed by atoms with Gasteiger partial charge in [0.25, 0.3) is 0 Å². The Morgan fingerprint density at radius 1 is 0.700 bits per heavy atom. The fraction of sp³-hybridized carbons (Fsp3) is 0.167. The molecule has 0 saturated carbocycles. The van der Waals surface area contributed by atoms with E-state index in [2.05, 4.69) is 47.9 Å². The maximum atomic E-state index is 3.97. The van der Waals surface area contributed by atoms with Gasteiger partial charge in [-0.15, -0.1) is 5.54 Å². The highest BCUT2D eigenvalue weighted by molar-refractivity contribution is 6.83. The van der Waals surface area contributed by atoms with Crippen LogP contribution in [0.15, 0.2) is 48.8 Å². The molecule has 20 heavy (non-hydrogen) atoms. The van der Waals surface area contributed by atoms with Gasteiger partial charge in [-0.05, 0) is 36.4 Å². The molecule has 1 nitrogen and oxygen atoms in total. The van der Waals surface area contributed by atoms with Crippen molar-refractivity contribution >= 4 is 8.07 Å². The van der Waals surface area contributed by atoms with Gasteiger partial charge in [0.15, 0.2) is 0 Å². The van der Waals surface area contributed by atoms with Crippen molar-refractivity contribution in [3.05, 3.63) is 65.5 Å². The minimum Gasteiger partial charge on any atom is -0.265 e. The minimum atomic E-state index is -1.31. The van der Waals surface area contributed by atoms with Crippen molar-refractivity contribution in [3.8, 4) is 23.3 Å². The summed E-state index contributed by atoms with van der Waals surface area (Å²) in [6.07, 6.45) is 3.50. The van der Waals surface area contributed by atoms with E-state index in [-0.39, 0.29) is 0 Å². The highest BCUT2D eigenvalue weighted by Gasteiger charge is 2.07. The molecule has 0 aliphatic carbocycles. The lowest BCUT2D eigenvalue weighted by Gasteiger charge is -2.03. The van der Waals surface area contributed by atoms with Crippen LogP contribution in [-0.4, -0.2) is 13.1 Å². The molecule has 1 aromatic carbocycles. The first-order chi connectivity index (χ1) is 9.53. The van der Waals surface area contributed by atoms with Crippen molar-refractivity contribution in [2.24, 2.45) is 0 Å². The SMILES string of the molecule is C[Si](C)(C)C#Cc1ccc(C#Cc2ccncc2)cc1. The van der Waals surface area contributed by atoms with Crippen molar-refractivity contribution in [1.29, 1.82) is 0 Å². The standard InChI is InChI=1S/C18H17NSi/c1-20(2,3)15-12-17-7-4-16(5-8-17)6-9-18-10-13-19-14-11-18/h4-5,7-8,10-11,13-14H,1-3H3. The number of hydrogen-bond donors (Lipinski definition) is 0. The van der Waals surface area contributed by atoms with Crippen molar-refractivity contribution in [2.45, 2.75) is 19.6 Å². The van der Waals surface area contributed by atoms with E-state index >= 15 is 0 Å². The summed E-state index contributed by atoms with van der Waals surface area (Å²) in [5.41, 5.74) is 6.39. The van der Waals surface area contributed by atoms with E-state index in [1.54, 1.807) is 12.4 Å². The number of nitrogens with zero attached hydrogens (tertiary/aromatic N) is 1. The molecular weight excluding hydrogens is 258 g/mol. The van der Waals surface area contributed by atoms with E-state index in [1.807, 2.05) is 36.4 Å². The maximum absolute atomic E-state index is 3.97. The van der Waals surface area contributed by atoms with E-state index in [4.69, 9.17) is 0 Å². The van der Waals surface area contributed by atoms with Crippen LogP contribution in [0.5, 0.6) is 0 Å². The summed E-state index contributed by atoms with van der Waals surface area (Å²) in [7, 11) is -1.31. The monoisotopic (exact) mass is 275 g/mol. The van der Waals surface area contributed by atoms with E-state index in [0.29, 0.717) is 0 Å². The number of aromatic nitrogens is 1. The van der Waals surface area contributed by atoms with Gasteiger partial charge in [-0.2, -0.15) is 0 Å². The second-order valence-electron chi connectivity index (χ2n) is 5.56. The van der Waals surface area contributed by atoms with Gasteiger partial charge >= 0.3 is 0 Å². The molecule has 0 aliphatic heterocycles. The fourth-order valence-corrected chi connectivity index (χ4v) is 2.00. The van der Waals surface area contributed by atoms with Crippen LogP contribution in [0.3, 0.4) is 0 Å². The van der Waals surface area contributed by atoms with Gasteiger partial charge in [0.1, 0.15) is 8.07 Å². The van der Waals surface area contributed by atoms with E-state index in [1.165, 1.54) is 0 Å². The average molecular weight is 275 g/mol. The zero-order chi connectivity index (χ0) is 14.4. The lowest BCUT2D eigenvalue weighted by atomic mass is 10.1. The molecule has 0 radical (unpaired) electrons. The van der Waals surface area contributed by atoms with Gasteiger partial charge in [0.2, 0.25) is 0 Å². The van der Waals surface area contributed by atoms with Gasteiger partial charge < -0.3 is 0 Å². The maximum Gasteiger partial charge on any atom is 0.129 e. The molecule has 0 fully saturated rings. The average Bonchev–Trinajstić information content (AvgIpc) is 2.44. The molecule has 2 aromatic rings. The highest BCUT2D eigenvalue weighted by atomic mass is 28.3. The molecule has 0 spiro atoms. The summed E-state index contributed by atoms with van der Waals surface area (Å²) in [4.78, 5) is 3.97. The Bertz CT molecular complexity index is 687. The van der Waals surface area contributed by atoms with Gasteiger partial charge in [-0.25, -0.2) is 0 Å². The molecular formula is C18H17NSi. The number of rotatable bonds is 0. The summed E-state index contributed by atoms with van der Waals surface area (Å²) < 4.78 is 0. The largest absolute Gasteiger partial charge is 0.265 e. The quantitative estimate of drug-likeness (QED) is 0.527. The van der Waals surface area contributed by atoms with E-state index < -0.39 is 8.07 Å². The van der Waals surface area contributed by atoms with Crippen molar-refractivity contribution < 1.29 is 0 Å². The molecule has 2 rings (SSSR count). The van der Waals surface area contributed by atoms with Crippen molar-refractivity contribution in [3.63, 3.8) is 0 Å². The topological polar surface area (TPSA) is 12.9 Å². The van der Waals surface area contributed by atoms with Crippen LogP contribution in [0.4, 0.5) is 0 Å². The number of pyridine rings is 1. The third-order valence-corrected chi connectivity index (χ3v) is 3.37. The van der Waals surface area contributed by atoms with Crippen molar-refractivity contribution in [2.75, 3.05) is 0 Å². The molecule has 2 heteroatoms. The molecule has 0 amide bonds. The van der Waals surface area contributed by atoms with Crippen LogP contribution in [0, 0.1) is 23.3 Å². The number of benzene rings is 1. The van der Waals surface area contributed by atoms with Crippen LogP contribution >= 0.6 is 0 Å². The lowest BCUT2D eigenvalue weighted by Crippen LogP contribution is -2.16. The zero-order valence-corrected chi connectivity index (χ0v) is 13.1. The Kier molecular flexibility index (Phi) is 4.40. The summed E-state index contributed by atoms with van der Waals surface area (Å²) in [6, 6.07) is 11.9. The summed E-state index contributed by atoms with van der Waals surface area (Å²) in [5.74, 6) is 9.50. The van der Waals surface area contributed by atoms with Gasteiger partial charge in [0.05, 0.1) is 0 Å². The zero-order valence-electron chi connectivity index (χ0n) is 12.1. The Hall–Kier alpha value is -2.29. The third-order valence-electron chi connectivity index (χ3n) is 2.50. The summed E-state index contributed by atoms with van der Waals surface area (Å²) in [5, 5.41) is 0. The highest BCUT2D eigenvalue weighted by Crippen LogP contribution is 2.04. The fourth-order valence-electron chi connectivity index (χ4n) is 1.48. The minimum absolute atomic E-state index is 0.975. The molecule has 1 aromatic heterocycles. The normalized spacial score (nSPS) is 9.95. The molecule has 0 bridgehead atoms. The number of hydrogen-bond acceptors (Lipinski definition) is 1. The molecule has 0 saturated heterocycles. The first kappa shape index (κ1) is 14.1. The van der Waals surface area contributed by atoms with Crippen LogP contribution < -0.4 is 0 Å². The van der Waals surface area contributed by atoms with Crippen LogP contribution in [0.2, 0.25) is 19.6 Å². The Labute approximate surface area is 122 Å². The second kappa shape index (κ2) is 6.24. The van der Waals surface area contributed by atoms with Gasteiger partial charge in [-0.3, -0.25) is 4.98 Å².